The van der Waals surface area contributed by atoms with Gasteiger partial charge in [-0.1, -0.05) is 0 Å². The lowest BCUT2D eigenvalue weighted by molar-refractivity contribution is -0.131. The summed E-state index contributed by atoms with van der Waals surface area (Å²) in [7, 11) is 1.92. The van der Waals surface area contributed by atoms with Crippen molar-refractivity contribution in [2.45, 2.75) is 33.1 Å². The first-order chi connectivity index (χ1) is 12.9. The molecule has 1 aliphatic rings. The number of hydrogen-bond donors (Lipinski definition) is 0. The average molecular weight is 393 g/mol. The number of amides is 2. The number of aryl methyl sites for hydroxylation is 2. The quantitative estimate of drug-likeness (QED) is 0.801. The van der Waals surface area contributed by atoms with Crippen LogP contribution in [0.2, 0.25) is 5.22 Å². The fraction of sp³-hybridized carbons (Fsp3) is 0.526. The molecule has 0 N–H and O–H groups in total. The molecule has 0 bridgehead atoms. The number of carbonyl (C=O) groups excluding carboxylic acids is 2. The summed E-state index contributed by atoms with van der Waals surface area (Å²) >= 11 is 5.75. The van der Waals surface area contributed by atoms with E-state index >= 15 is 0 Å². The monoisotopic (exact) mass is 392 g/mol. The molecule has 0 radical (unpaired) electrons. The molecule has 3 rings (SSSR count). The minimum Gasteiger partial charge on any atom is -0.440 e. The highest BCUT2D eigenvalue weighted by molar-refractivity contribution is 6.29. The minimum atomic E-state index is -0.183. The lowest BCUT2D eigenvalue weighted by Crippen LogP contribution is -2.37. The first-order valence-corrected chi connectivity index (χ1v) is 9.56. The van der Waals surface area contributed by atoms with E-state index in [0.717, 1.165) is 23.4 Å². The third kappa shape index (κ3) is 4.35. The van der Waals surface area contributed by atoms with Gasteiger partial charge >= 0.3 is 0 Å². The molecule has 1 fully saturated rings. The number of halogens is 1. The van der Waals surface area contributed by atoms with Crippen molar-refractivity contribution in [3.8, 4) is 0 Å². The van der Waals surface area contributed by atoms with Crippen molar-refractivity contribution in [1.29, 1.82) is 0 Å². The van der Waals surface area contributed by atoms with Crippen LogP contribution < -0.4 is 0 Å². The van der Waals surface area contributed by atoms with E-state index in [1.54, 1.807) is 17.0 Å². The Hall–Kier alpha value is -2.28. The summed E-state index contributed by atoms with van der Waals surface area (Å²) in [6, 6.07) is 3.14. The molecular formula is C19H25ClN4O3. The number of hydrogen-bond acceptors (Lipinski definition) is 4. The van der Waals surface area contributed by atoms with E-state index in [0.29, 0.717) is 39.0 Å². The number of carbonyl (C=O) groups is 2. The Morgan fingerprint density at radius 1 is 1.15 bits per heavy atom. The molecule has 0 atom stereocenters. The topological polar surface area (TPSA) is 71.6 Å². The van der Waals surface area contributed by atoms with Gasteiger partial charge in [0.15, 0.2) is 11.0 Å². The van der Waals surface area contributed by atoms with Gasteiger partial charge in [0.2, 0.25) is 5.91 Å². The van der Waals surface area contributed by atoms with Crippen LogP contribution >= 0.6 is 11.6 Å². The van der Waals surface area contributed by atoms with Crippen LogP contribution in [0.25, 0.3) is 0 Å². The van der Waals surface area contributed by atoms with E-state index < -0.39 is 0 Å². The molecule has 1 saturated heterocycles. The van der Waals surface area contributed by atoms with E-state index in [2.05, 4.69) is 5.10 Å². The van der Waals surface area contributed by atoms with Gasteiger partial charge in [0.25, 0.3) is 5.91 Å². The molecule has 2 aromatic heterocycles. The molecule has 7 nitrogen and oxygen atoms in total. The maximum absolute atomic E-state index is 12.7. The van der Waals surface area contributed by atoms with Crippen molar-refractivity contribution in [3.05, 3.63) is 40.1 Å². The van der Waals surface area contributed by atoms with E-state index in [4.69, 9.17) is 16.0 Å². The molecule has 146 valence electrons. The van der Waals surface area contributed by atoms with E-state index in [1.807, 2.05) is 30.5 Å². The highest BCUT2D eigenvalue weighted by Gasteiger charge is 2.24. The zero-order valence-corrected chi connectivity index (χ0v) is 16.8. The molecule has 0 aliphatic carbocycles. The van der Waals surface area contributed by atoms with Gasteiger partial charge in [-0.15, -0.1) is 0 Å². The SMILES string of the molecule is Cc1nn(C)c(C)c1CCC(=O)N1CCCN(C(=O)c2ccc(Cl)o2)CC1. The molecular weight excluding hydrogens is 368 g/mol. The number of nitrogens with zero attached hydrogens (tertiary/aromatic N) is 4. The summed E-state index contributed by atoms with van der Waals surface area (Å²) in [5.41, 5.74) is 3.23. The van der Waals surface area contributed by atoms with Crippen molar-refractivity contribution in [1.82, 2.24) is 19.6 Å². The number of furan rings is 1. The zero-order chi connectivity index (χ0) is 19.6. The number of aromatic nitrogens is 2. The molecule has 27 heavy (non-hydrogen) atoms. The van der Waals surface area contributed by atoms with Crippen LogP contribution in [-0.2, 0) is 18.3 Å². The fourth-order valence-corrected chi connectivity index (χ4v) is 3.67. The summed E-state index contributed by atoms with van der Waals surface area (Å²) < 4.78 is 7.06. The summed E-state index contributed by atoms with van der Waals surface area (Å²) in [5, 5.41) is 4.61. The Balaban J connectivity index is 1.55. The van der Waals surface area contributed by atoms with Crippen molar-refractivity contribution in [3.63, 3.8) is 0 Å². The lowest BCUT2D eigenvalue weighted by atomic mass is 10.1. The van der Waals surface area contributed by atoms with Crippen molar-refractivity contribution < 1.29 is 14.0 Å². The van der Waals surface area contributed by atoms with Crippen molar-refractivity contribution in [2.24, 2.45) is 7.05 Å². The smallest absolute Gasteiger partial charge is 0.289 e. The molecule has 3 heterocycles. The molecule has 0 spiro atoms. The van der Waals surface area contributed by atoms with Crippen molar-refractivity contribution >= 4 is 23.4 Å². The lowest BCUT2D eigenvalue weighted by Gasteiger charge is -2.21. The molecule has 0 saturated carbocycles. The number of rotatable bonds is 4. The highest BCUT2D eigenvalue weighted by atomic mass is 35.5. The Morgan fingerprint density at radius 3 is 2.48 bits per heavy atom. The predicted molar refractivity (Wildman–Crippen MR) is 102 cm³/mol. The minimum absolute atomic E-state index is 0.119. The van der Waals surface area contributed by atoms with Crippen LogP contribution in [0.4, 0.5) is 0 Å². The fourth-order valence-electron chi connectivity index (χ4n) is 3.52. The summed E-state index contributed by atoms with van der Waals surface area (Å²) in [6.07, 6.45) is 1.89. The largest absolute Gasteiger partial charge is 0.440 e. The van der Waals surface area contributed by atoms with Gasteiger partial charge in [-0.05, 0) is 56.0 Å². The van der Waals surface area contributed by atoms with E-state index in [-0.39, 0.29) is 22.8 Å². The summed E-state index contributed by atoms with van der Waals surface area (Å²) in [6.45, 7) is 6.28. The van der Waals surface area contributed by atoms with Crippen LogP contribution in [-0.4, -0.2) is 57.6 Å². The first kappa shape index (κ1) is 19.5. The molecule has 2 amide bonds. The first-order valence-electron chi connectivity index (χ1n) is 9.18. The second-order valence-electron chi connectivity index (χ2n) is 6.90. The predicted octanol–water partition coefficient (Wildman–Crippen LogP) is 2.59. The highest BCUT2D eigenvalue weighted by Crippen LogP contribution is 2.18. The van der Waals surface area contributed by atoms with Gasteiger partial charge in [-0.25, -0.2) is 0 Å². The third-order valence-electron chi connectivity index (χ3n) is 5.17. The molecule has 8 heteroatoms. The molecule has 1 aliphatic heterocycles. The van der Waals surface area contributed by atoms with Crippen LogP contribution in [0.1, 0.15) is 40.3 Å². The Bertz CT molecular complexity index is 842. The van der Waals surface area contributed by atoms with Gasteiger partial charge in [-0.3, -0.25) is 14.3 Å². The van der Waals surface area contributed by atoms with Crippen molar-refractivity contribution in [2.75, 3.05) is 26.2 Å². The molecule has 2 aromatic rings. The zero-order valence-electron chi connectivity index (χ0n) is 16.0. The van der Waals surface area contributed by atoms with Crippen LogP contribution in [0.3, 0.4) is 0 Å². The normalized spacial score (nSPS) is 15.1. The Labute approximate surface area is 163 Å². The average Bonchev–Trinajstić information content (AvgIpc) is 3.05. The maximum Gasteiger partial charge on any atom is 0.289 e. The standard InChI is InChI=1S/C19H25ClN4O3/c1-13-15(14(2)22(3)21-13)5-8-18(25)23-9-4-10-24(12-11-23)19(26)16-6-7-17(20)27-16/h6-7H,4-5,8-12H2,1-3H3. The summed E-state index contributed by atoms with van der Waals surface area (Å²) in [5.74, 6) is 0.174. The Kier molecular flexibility index (Phi) is 5.89. The van der Waals surface area contributed by atoms with Gasteiger partial charge in [0, 0.05) is 45.3 Å². The van der Waals surface area contributed by atoms with Crippen LogP contribution in [0.15, 0.2) is 16.5 Å². The third-order valence-corrected chi connectivity index (χ3v) is 5.37. The molecule has 0 aromatic carbocycles. The van der Waals surface area contributed by atoms with E-state index in [9.17, 15) is 9.59 Å². The van der Waals surface area contributed by atoms with Crippen LogP contribution in [0.5, 0.6) is 0 Å². The van der Waals surface area contributed by atoms with Crippen LogP contribution in [0, 0.1) is 13.8 Å². The van der Waals surface area contributed by atoms with Gasteiger partial charge < -0.3 is 14.2 Å². The van der Waals surface area contributed by atoms with Gasteiger partial charge in [0.05, 0.1) is 5.69 Å². The second-order valence-corrected chi connectivity index (χ2v) is 7.28. The van der Waals surface area contributed by atoms with E-state index in [1.165, 1.54) is 0 Å². The van der Waals surface area contributed by atoms with Gasteiger partial charge in [0.1, 0.15) is 0 Å². The maximum atomic E-state index is 12.7. The second kappa shape index (κ2) is 8.17. The molecule has 0 unspecified atom stereocenters. The Morgan fingerprint density at radius 2 is 1.85 bits per heavy atom. The summed E-state index contributed by atoms with van der Waals surface area (Å²) in [4.78, 5) is 28.7. The van der Waals surface area contributed by atoms with Gasteiger partial charge in [-0.2, -0.15) is 5.10 Å².